The van der Waals surface area contributed by atoms with Gasteiger partial charge in [-0.3, -0.25) is 0 Å². The zero-order valence-electron chi connectivity index (χ0n) is 15.0. The van der Waals surface area contributed by atoms with Gasteiger partial charge in [-0.2, -0.15) is 0 Å². The summed E-state index contributed by atoms with van der Waals surface area (Å²) in [4.78, 5) is 10.8. The normalized spacial score (nSPS) is 28.3. The van der Waals surface area contributed by atoms with Crippen molar-refractivity contribution in [2.75, 3.05) is 13.2 Å². The van der Waals surface area contributed by atoms with E-state index >= 15 is 0 Å². The molecule has 1 aliphatic heterocycles. The van der Waals surface area contributed by atoms with Gasteiger partial charge in [0.1, 0.15) is 18.8 Å². The number of aliphatic carboxylic acids is 1. The number of hydrogen-bond acceptors (Lipinski definition) is 6. The third-order valence-corrected chi connectivity index (χ3v) is 4.84. The Morgan fingerprint density at radius 3 is 2.63 bits per heavy atom. The fourth-order valence-electron chi connectivity index (χ4n) is 3.40. The summed E-state index contributed by atoms with van der Waals surface area (Å²) in [6.07, 6.45) is -3.60. The highest BCUT2D eigenvalue weighted by Crippen LogP contribution is 2.30. The van der Waals surface area contributed by atoms with Crippen molar-refractivity contribution in [3.63, 3.8) is 0 Å². The van der Waals surface area contributed by atoms with Gasteiger partial charge in [-0.1, -0.05) is 49.4 Å². The Balaban J connectivity index is 1.73. The second kappa shape index (κ2) is 8.77. The maximum Gasteiger partial charge on any atom is 0.329 e. The molecular weight excluding hydrogens is 352 g/mol. The fourth-order valence-corrected chi connectivity index (χ4v) is 3.40. The average Bonchev–Trinajstić information content (AvgIpc) is 2.67. The maximum absolute atomic E-state index is 10.8. The zero-order chi connectivity index (χ0) is 19.4. The number of carbonyl (C=O) groups is 1. The number of carboxylic acid groups (broad SMARTS) is 1. The summed E-state index contributed by atoms with van der Waals surface area (Å²) in [7, 11) is 0. The smallest absolute Gasteiger partial charge is 0.329 e. The molecule has 1 saturated heterocycles. The van der Waals surface area contributed by atoms with E-state index in [0.29, 0.717) is 0 Å². The molecule has 0 saturated carbocycles. The van der Waals surface area contributed by atoms with E-state index < -0.39 is 49.7 Å². The number of aliphatic hydroxyl groups excluding tert-OH is 2. The molecule has 0 aromatic heterocycles. The van der Waals surface area contributed by atoms with E-state index in [4.69, 9.17) is 19.3 Å². The monoisotopic (exact) mass is 376 g/mol. The Morgan fingerprint density at radius 2 is 1.89 bits per heavy atom. The van der Waals surface area contributed by atoms with E-state index in [-0.39, 0.29) is 6.61 Å². The van der Waals surface area contributed by atoms with E-state index in [1.165, 1.54) is 0 Å². The van der Waals surface area contributed by atoms with Gasteiger partial charge in [0.25, 0.3) is 0 Å². The summed E-state index contributed by atoms with van der Waals surface area (Å²) in [5.41, 5.74) is 0.985. The summed E-state index contributed by atoms with van der Waals surface area (Å²) >= 11 is 0. The Hall–Kier alpha value is -2.03. The highest BCUT2D eigenvalue weighted by atomic mass is 16.7. The topological polar surface area (TPSA) is 105 Å². The molecule has 1 fully saturated rings. The molecule has 7 nitrogen and oxygen atoms in total. The first-order valence-corrected chi connectivity index (χ1v) is 8.87. The van der Waals surface area contributed by atoms with Crippen molar-refractivity contribution in [1.29, 1.82) is 0 Å². The van der Waals surface area contributed by atoms with Crippen molar-refractivity contribution in [2.24, 2.45) is 5.92 Å². The SMILES string of the molecule is C[C@H]1[C@H](OCc2cccc3ccccc23)O[C@H](CO)[C@@H](O)[C@@H]1OCC(=O)O. The quantitative estimate of drug-likeness (QED) is 0.673. The lowest BCUT2D eigenvalue weighted by Crippen LogP contribution is -2.56. The molecule has 0 spiro atoms. The number of ether oxygens (including phenoxy) is 3. The van der Waals surface area contributed by atoms with E-state index in [9.17, 15) is 15.0 Å². The van der Waals surface area contributed by atoms with Crippen LogP contribution in [0.2, 0.25) is 0 Å². The standard InChI is InChI=1S/C20H24O7/c1-12-19(25-11-17(22)23)18(24)16(9-21)27-20(12)26-10-14-7-4-6-13-5-2-3-8-15(13)14/h2-8,12,16,18-21,24H,9-11H2,1H3,(H,22,23)/t12-,16-,18-,19-,20-/m1/s1. The van der Waals surface area contributed by atoms with E-state index in [1.54, 1.807) is 6.92 Å². The molecule has 0 amide bonds. The molecule has 2 aromatic rings. The molecule has 2 aromatic carbocycles. The number of rotatable bonds is 7. The minimum atomic E-state index is -1.14. The molecule has 0 radical (unpaired) electrons. The Kier molecular flexibility index (Phi) is 6.41. The van der Waals surface area contributed by atoms with Crippen LogP contribution in [-0.2, 0) is 25.6 Å². The first kappa shape index (κ1) is 19.7. The summed E-state index contributed by atoms with van der Waals surface area (Å²) < 4.78 is 16.9. The lowest BCUT2D eigenvalue weighted by atomic mass is 9.92. The second-order valence-electron chi connectivity index (χ2n) is 6.69. The molecule has 3 rings (SSSR count). The largest absolute Gasteiger partial charge is 0.480 e. The summed E-state index contributed by atoms with van der Waals surface area (Å²) in [6.45, 7) is 1.07. The van der Waals surface area contributed by atoms with Crippen molar-refractivity contribution in [3.05, 3.63) is 48.0 Å². The van der Waals surface area contributed by atoms with Gasteiger partial charge < -0.3 is 29.5 Å². The average molecular weight is 376 g/mol. The predicted molar refractivity (Wildman–Crippen MR) is 97.0 cm³/mol. The highest BCUT2D eigenvalue weighted by molar-refractivity contribution is 5.85. The van der Waals surface area contributed by atoms with E-state index in [1.807, 2.05) is 42.5 Å². The van der Waals surface area contributed by atoms with Crippen LogP contribution < -0.4 is 0 Å². The molecular formula is C20H24O7. The van der Waals surface area contributed by atoms with Crippen LogP contribution in [0.5, 0.6) is 0 Å². The summed E-state index contributed by atoms with van der Waals surface area (Å²) in [5, 5.41) is 30.8. The Morgan fingerprint density at radius 1 is 1.15 bits per heavy atom. The van der Waals surface area contributed by atoms with Crippen molar-refractivity contribution >= 4 is 16.7 Å². The lowest BCUT2D eigenvalue weighted by Gasteiger charge is -2.42. The van der Waals surface area contributed by atoms with E-state index in [0.717, 1.165) is 16.3 Å². The Bertz CT molecular complexity index is 773. The van der Waals surface area contributed by atoms with Crippen molar-refractivity contribution in [2.45, 2.75) is 38.1 Å². The minimum absolute atomic E-state index is 0.274. The molecule has 146 valence electrons. The molecule has 27 heavy (non-hydrogen) atoms. The lowest BCUT2D eigenvalue weighted by molar-refractivity contribution is -0.292. The number of benzene rings is 2. The molecule has 0 bridgehead atoms. The molecule has 5 atom stereocenters. The Labute approximate surface area is 157 Å². The first-order chi connectivity index (χ1) is 13.0. The van der Waals surface area contributed by atoms with Gasteiger partial charge in [-0.05, 0) is 16.3 Å². The minimum Gasteiger partial charge on any atom is -0.480 e. The molecule has 3 N–H and O–H groups in total. The van der Waals surface area contributed by atoms with Gasteiger partial charge in [0.15, 0.2) is 6.29 Å². The van der Waals surface area contributed by atoms with Crippen LogP contribution in [0.1, 0.15) is 12.5 Å². The van der Waals surface area contributed by atoms with Crippen molar-refractivity contribution in [3.8, 4) is 0 Å². The van der Waals surface area contributed by atoms with E-state index in [2.05, 4.69) is 0 Å². The van der Waals surface area contributed by atoms with Crippen LogP contribution in [0.25, 0.3) is 10.8 Å². The molecule has 1 heterocycles. The van der Waals surface area contributed by atoms with Gasteiger partial charge >= 0.3 is 5.97 Å². The van der Waals surface area contributed by atoms with Gasteiger partial charge in [-0.25, -0.2) is 4.79 Å². The number of hydrogen-bond donors (Lipinski definition) is 3. The number of carboxylic acids is 1. The second-order valence-corrected chi connectivity index (χ2v) is 6.69. The number of aliphatic hydroxyl groups is 2. The number of fused-ring (bicyclic) bond motifs is 1. The summed E-state index contributed by atoms with van der Waals surface area (Å²) in [5.74, 6) is -1.55. The van der Waals surface area contributed by atoms with Gasteiger partial charge in [0.05, 0.1) is 19.3 Å². The molecule has 0 aliphatic carbocycles. The van der Waals surface area contributed by atoms with Crippen LogP contribution in [-0.4, -0.2) is 59.1 Å². The third-order valence-electron chi connectivity index (χ3n) is 4.84. The van der Waals surface area contributed by atoms with Crippen molar-refractivity contribution < 1.29 is 34.3 Å². The van der Waals surface area contributed by atoms with Crippen LogP contribution in [0, 0.1) is 5.92 Å². The van der Waals surface area contributed by atoms with Gasteiger partial charge in [0, 0.05) is 5.92 Å². The predicted octanol–water partition coefficient (Wildman–Crippen LogP) is 1.54. The molecule has 1 aliphatic rings. The van der Waals surface area contributed by atoms with Gasteiger partial charge in [0.2, 0.25) is 0 Å². The summed E-state index contributed by atoms with van der Waals surface area (Å²) in [6, 6.07) is 13.9. The fraction of sp³-hybridized carbons (Fsp3) is 0.450. The van der Waals surface area contributed by atoms with Crippen LogP contribution >= 0.6 is 0 Å². The van der Waals surface area contributed by atoms with Gasteiger partial charge in [-0.15, -0.1) is 0 Å². The van der Waals surface area contributed by atoms with Crippen molar-refractivity contribution in [1.82, 2.24) is 0 Å². The third kappa shape index (κ3) is 4.45. The maximum atomic E-state index is 10.8. The highest BCUT2D eigenvalue weighted by Gasteiger charge is 2.44. The van der Waals surface area contributed by atoms with Crippen LogP contribution in [0.4, 0.5) is 0 Å². The van der Waals surface area contributed by atoms with Crippen LogP contribution in [0.15, 0.2) is 42.5 Å². The van der Waals surface area contributed by atoms with Crippen LogP contribution in [0.3, 0.4) is 0 Å². The molecule has 0 unspecified atom stereocenters. The molecule has 7 heteroatoms. The zero-order valence-corrected chi connectivity index (χ0v) is 15.0. The first-order valence-electron chi connectivity index (χ1n) is 8.87.